The Hall–Kier alpha value is -2.48. The van der Waals surface area contributed by atoms with Crippen LogP contribution < -0.4 is 15.2 Å². The number of hydrogen-bond donors (Lipinski definition) is 1. The predicted octanol–water partition coefficient (Wildman–Crippen LogP) is 4.75. The van der Waals surface area contributed by atoms with E-state index < -0.39 is 0 Å². The first-order valence-corrected chi connectivity index (χ1v) is 9.45. The maximum Gasteiger partial charge on any atom is 0.234 e. The molecule has 0 unspecified atom stereocenters. The summed E-state index contributed by atoms with van der Waals surface area (Å²) in [5.41, 5.74) is 8.56. The average molecular weight is 463 g/mol. The molecule has 0 aliphatic heterocycles. The molecule has 0 fully saturated rings. The Morgan fingerprint density at radius 2 is 2.12 bits per heavy atom. The molecule has 6 heteroatoms. The number of anilines is 1. The van der Waals surface area contributed by atoms with Gasteiger partial charge in [0.05, 0.1) is 18.4 Å². The van der Waals surface area contributed by atoms with Crippen molar-refractivity contribution in [3.8, 4) is 11.5 Å². The summed E-state index contributed by atoms with van der Waals surface area (Å²) in [4.78, 5) is 13.1. The van der Waals surface area contributed by atoms with Crippen molar-refractivity contribution in [2.75, 3.05) is 19.5 Å². The monoisotopic (exact) mass is 463 g/mol. The summed E-state index contributed by atoms with van der Waals surface area (Å²) in [6.07, 6.45) is 1.61. The van der Waals surface area contributed by atoms with E-state index >= 15 is 0 Å². The summed E-state index contributed by atoms with van der Waals surface area (Å²) in [6, 6.07) is 10.8. The van der Waals surface area contributed by atoms with Crippen LogP contribution in [0.4, 0.5) is 5.69 Å². The molecule has 3 aromatic rings. The molecule has 0 saturated heterocycles. The van der Waals surface area contributed by atoms with Crippen molar-refractivity contribution >= 4 is 45.0 Å². The number of nitrogen functional groups attached to an aromatic ring is 1. The predicted molar refractivity (Wildman–Crippen MR) is 110 cm³/mol. The van der Waals surface area contributed by atoms with Gasteiger partial charge in [-0.25, -0.2) is 0 Å². The maximum atomic E-state index is 13.1. The molecule has 0 spiro atoms. The van der Waals surface area contributed by atoms with Gasteiger partial charge in [0.1, 0.15) is 23.7 Å². The van der Waals surface area contributed by atoms with Crippen LogP contribution in [0.2, 0.25) is 0 Å². The van der Waals surface area contributed by atoms with E-state index in [2.05, 4.69) is 29.2 Å². The highest BCUT2D eigenvalue weighted by molar-refractivity contribution is 14.1. The van der Waals surface area contributed by atoms with E-state index in [0.29, 0.717) is 28.3 Å². The van der Waals surface area contributed by atoms with Gasteiger partial charge in [-0.1, -0.05) is 41.3 Å². The third kappa shape index (κ3) is 3.41. The van der Waals surface area contributed by atoms with Crippen LogP contribution in [0.1, 0.15) is 21.7 Å². The number of carbonyl (C=O) groups excluding carboxylic acids is 1. The van der Waals surface area contributed by atoms with E-state index in [1.54, 1.807) is 24.3 Å². The van der Waals surface area contributed by atoms with Crippen LogP contribution in [0.5, 0.6) is 11.5 Å². The molecule has 0 aliphatic carbocycles. The lowest BCUT2D eigenvalue weighted by Gasteiger charge is -2.10. The molecule has 1 heterocycles. The van der Waals surface area contributed by atoms with Gasteiger partial charge in [-0.2, -0.15) is 0 Å². The van der Waals surface area contributed by atoms with Gasteiger partial charge in [0.2, 0.25) is 5.78 Å². The molecule has 0 atom stereocenters. The fourth-order valence-corrected chi connectivity index (χ4v) is 3.10. The van der Waals surface area contributed by atoms with Crippen LogP contribution in [0.15, 0.2) is 53.5 Å². The van der Waals surface area contributed by atoms with Crippen LogP contribution in [0.25, 0.3) is 11.0 Å². The highest BCUT2D eigenvalue weighted by Gasteiger charge is 2.24. The van der Waals surface area contributed by atoms with E-state index in [1.165, 1.54) is 7.11 Å². The molecule has 2 N–H and O–H groups in total. The van der Waals surface area contributed by atoms with Gasteiger partial charge in [0, 0.05) is 9.81 Å². The van der Waals surface area contributed by atoms with Gasteiger partial charge < -0.3 is 19.6 Å². The van der Waals surface area contributed by atoms with Crippen molar-refractivity contribution < 1.29 is 18.7 Å². The van der Waals surface area contributed by atoms with Gasteiger partial charge in [-0.15, -0.1) is 0 Å². The molecule has 3 rings (SSSR count). The molecular formula is C20H18INO4. The van der Waals surface area contributed by atoms with Gasteiger partial charge in [-0.05, 0) is 35.9 Å². The Kier molecular flexibility index (Phi) is 5.51. The van der Waals surface area contributed by atoms with Crippen LogP contribution >= 0.6 is 22.6 Å². The number of alkyl halides is 1. The van der Waals surface area contributed by atoms with E-state index in [1.807, 2.05) is 18.2 Å². The van der Waals surface area contributed by atoms with E-state index in [4.69, 9.17) is 19.6 Å². The Morgan fingerprint density at radius 1 is 1.31 bits per heavy atom. The molecule has 0 bridgehead atoms. The number of ether oxygens (including phenoxy) is 2. The lowest BCUT2D eigenvalue weighted by atomic mass is 10.1. The minimum atomic E-state index is -0.354. The van der Waals surface area contributed by atoms with Crippen molar-refractivity contribution in [2.45, 2.75) is 4.43 Å². The summed E-state index contributed by atoms with van der Waals surface area (Å²) >= 11 is 2.28. The normalized spacial score (nSPS) is 10.7. The van der Waals surface area contributed by atoms with Crippen LogP contribution in [0.3, 0.4) is 0 Å². The highest BCUT2D eigenvalue weighted by atomic mass is 127. The Bertz CT molecular complexity index is 977. The Morgan fingerprint density at radius 3 is 2.81 bits per heavy atom. The molecular weight excluding hydrogens is 445 g/mol. The van der Waals surface area contributed by atoms with Gasteiger partial charge in [0.15, 0.2) is 5.76 Å². The molecule has 0 radical (unpaired) electrons. The number of halogens is 1. The summed E-state index contributed by atoms with van der Waals surface area (Å²) in [6.45, 7) is 3.91. The molecule has 134 valence electrons. The Balaban J connectivity index is 2.10. The van der Waals surface area contributed by atoms with Crippen molar-refractivity contribution in [1.82, 2.24) is 0 Å². The van der Waals surface area contributed by atoms with Crippen molar-refractivity contribution in [2.24, 2.45) is 0 Å². The second-order valence-corrected chi connectivity index (χ2v) is 6.36. The maximum absolute atomic E-state index is 13.1. The minimum absolute atomic E-state index is 0.0994. The third-order valence-corrected chi connectivity index (χ3v) is 4.82. The zero-order chi connectivity index (χ0) is 18.7. The van der Waals surface area contributed by atoms with E-state index in [9.17, 15) is 4.79 Å². The molecule has 5 nitrogen and oxygen atoms in total. The second-order valence-electron chi connectivity index (χ2n) is 5.60. The van der Waals surface area contributed by atoms with Gasteiger partial charge >= 0.3 is 0 Å². The number of furan rings is 1. The lowest BCUT2D eigenvalue weighted by molar-refractivity contribution is 0.101. The summed E-state index contributed by atoms with van der Waals surface area (Å²) in [5, 5.41) is 0.735. The second kappa shape index (κ2) is 7.82. The highest BCUT2D eigenvalue weighted by Crippen LogP contribution is 2.34. The third-order valence-electron chi connectivity index (χ3n) is 3.94. The molecule has 26 heavy (non-hydrogen) atoms. The standard InChI is InChI=1S/C20H18INO4/c1-3-8-25-16-7-5-13(24-2)10-15(16)19(23)20-18(22)14-9-12(11-21)4-6-17(14)26-20/h3-7,9-10H,1,8,11,22H2,2H3. The lowest BCUT2D eigenvalue weighted by Crippen LogP contribution is -2.07. The summed E-state index contributed by atoms with van der Waals surface area (Å²) in [7, 11) is 1.54. The molecule has 2 aromatic carbocycles. The first-order valence-electron chi connectivity index (χ1n) is 7.92. The molecule has 1 aromatic heterocycles. The summed E-state index contributed by atoms with van der Waals surface area (Å²) < 4.78 is 17.4. The summed E-state index contributed by atoms with van der Waals surface area (Å²) in [5.74, 6) is 0.708. The topological polar surface area (TPSA) is 74.7 Å². The van der Waals surface area contributed by atoms with Crippen LogP contribution in [-0.2, 0) is 4.43 Å². The minimum Gasteiger partial charge on any atom is -0.497 e. The average Bonchev–Trinajstić information content (AvgIpc) is 3.01. The number of nitrogens with two attached hydrogens (primary N) is 1. The molecule has 0 amide bonds. The molecule has 0 saturated carbocycles. The first kappa shape index (κ1) is 18.3. The quantitative estimate of drug-likeness (QED) is 0.237. The number of fused-ring (bicyclic) bond motifs is 1. The number of methoxy groups -OCH3 is 1. The number of benzene rings is 2. The van der Waals surface area contributed by atoms with Crippen molar-refractivity contribution in [1.29, 1.82) is 0 Å². The van der Waals surface area contributed by atoms with E-state index in [-0.39, 0.29) is 18.2 Å². The number of rotatable bonds is 7. The fraction of sp³-hybridized carbons (Fsp3) is 0.150. The SMILES string of the molecule is C=CCOc1ccc(OC)cc1C(=O)c1oc2ccc(CI)cc2c1N. The number of carbonyl (C=O) groups is 1. The smallest absolute Gasteiger partial charge is 0.234 e. The van der Waals surface area contributed by atoms with Crippen LogP contribution in [-0.4, -0.2) is 19.5 Å². The number of ketones is 1. The fourth-order valence-electron chi connectivity index (χ4n) is 2.63. The largest absolute Gasteiger partial charge is 0.497 e. The Labute approximate surface area is 164 Å². The van der Waals surface area contributed by atoms with Crippen molar-refractivity contribution in [3.63, 3.8) is 0 Å². The molecule has 0 aliphatic rings. The van der Waals surface area contributed by atoms with Gasteiger partial charge in [0.25, 0.3) is 0 Å². The number of hydrogen-bond acceptors (Lipinski definition) is 5. The van der Waals surface area contributed by atoms with Crippen LogP contribution in [0, 0.1) is 0 Å². The van der Waals surface area contributed by atoms with Gasteiger partial charge in [-0.3, -0.25) is 4.79 Å². The zero-order valence-corrected chi connectivity index (χ0v) is 16.4. The van der Waals surface area contributed by atoms with E-state index in [0.717, 1.165) is 15.4 Å². The zero-order valence-electron chi connectivity index (χ0n) is 14.3. The van der Waals surface area contributed by atoms with Crippen molar-refractivity contribution in [3.05, 3.63) is 65.9 Å². The first-order chi connectivity index (χ1) is 12.6.